The summed E-state index contributed by atoms with van der Waals surface area (Å²) in [5.74, 6) is -1.18. The summed E-state index contributed by atoms with van der Waals surface area (Å²) in [5, 5.41) is -0.0105. The maximum absolute atomic E-state index is 13.6. The normalized spacial score (nSPS) is 10.3. The van der Waals surface area contributed by atoms with Crippen molar-refractivity contribution in [2.24, 2.45) is 0 Å². The van der Waals surface area contributed by atoms with E-state index in [0.29, 0.717) is 10.2 Å². The Morgan fingerprint density at radius 1 is 1.30 bits per heavy atom. The molecule has 2 N–H and O–H groups in total. The Balaban J connectivity index is 2.13. The summed E-state index contributed by atoms with van der Waals surface area (Å²) in [4.78, 5) is 11.9. The van der Waals surface area contributed by atoms with Gasteiger partial charge in [-0.05, 0) is 34.1 Å². The van der Waals surface area contributed by atoms with Crippen molar-refractivity contribution < 1.29 is 13.9 Å². The average molecular weight is 359 g/mol. The van der Waals surface area contributed by atoms with Crippen molar-refractivity contribution in [2.75, 3.05) is 5.73 Å². The van der Waals surface area contributed by atoms with Gasteiger partial charge in [-0.15, -0.1) is 0 Å². The molecule has 2 aromatic carbocycles. The average Bonchev–Trinajstić information content (AvgIpc) is 2.43. The highest BCUT2D eigenvalue weighted by Gasteiger charge is 2.14. The second-order valence-electron chi connectivity index (χ2n) is 4.00. The molecular formula is C14H10BrClFNO2. The van der Waals surface area contributed by atoms with Gasteiger partial charge in [0.1, 0.15) is 12.4 Å². The van der Waals surface area contributed by atoms with Gasteiger partial charge in [-0.1, -0.05) is 29.8 Å². The number of benzene rings is 2. The van der Waals surface area contributed by atoms with Crippen LogP contribution >= 0.6 is 27.5 Å². The Morgan fingerprint density at radius 3 is 2.75 bits per heavy atom. The number of nitrogen functional groups attached to an aromatic ring is 1. The van der Waals surface area contributed by atoms with Crippen molar-refractivity contribution in [3.8, 4) is 0 Å². The Kier molecular flexibility index (Phi) is 4.62. The standard InChI is InChI=1S/C14H10BrClFNO2/c15-12-9(4-2-6-11(12)18)14(19)20-7-8-3-1-5-10(16)13(8)17/h1-6H,7,18H2. The number of anilines is 1. The van der Waals surface area contributed by atoms with Crippen LogP contribution in [-0.4, -0.2) is 5.97 Å². The smallest absolute Gasteiger partial charge is 0.339 e. The number of esters is 1. The topological polar surface area (TPSA) is 52.3 Å². The van der Waals surface area contributed by atoms with Crippen molar-refractivity contribution in [1.82, 2.24) is 0 Å². The van der Waals surface area contributed by atoms with E-state index in [4.69, 9.17) is 22.1 Å². The highest BCUT2D eigenvalue weighted by atomic mass is 79.9. The molecule has 0 unspecified atom stereocenters. The summed E-state index contributed by atoms with van der Waals surface area (Å²) >= 11 is 8.86. The molecule has 0 atom stereocenters. The molecule has 0 amide bonds. The van der Waals surface area contributed by atoms with Gasteiger partial charge in [0.2, 0.25) is 0 Å². The number of ether oxygens (including phenoxy) is 1. The number of rotatable bonds is 3. The maximum atomic E-state index is 13.6. The molecule has 0 aromatic heterocycles. The zero-order valence-corrected chi connectivity index (χ0v) is 12.5. The van der Waals surface area contributed by atoms with E-state index >= 15 is 0 Å². The zero-order chi connectivity index (χ0) is 14.7. The molecule has 0 radical (unpaired) electrons. The fourth-order valence-corrected chi connectivity index (χ4v) is 2.21. The summed E-state index contributed by atoms with van der Waals surface area (Å²) in [6, 6.07) is 9.37. The molecular weight excluding hydrogens is 349 g/mol. The van der Waals surface area contributed by atoms with E-state index in [2.05, 4.69) is 15.9 Å². The summed E-state index contributed by atoms with van der Waals surface area (Å²) in [5.41, 5.74) is 6.60. The minimum Gasteiger partial charge on any atom is -0.457 e. The Hall–Kier alpha value is -1.59. The van der Waals surface area contributed by atoms with Crippen LogP contribution in [0.15, 0.2) is 40.9 Å². The van der Waals surface area contributed by atoms with Crippen LogP contribution in [0.2, 0.25) is 5.02 Å². The molecule has 0 saturated carbocycles. The van der Waals surface area contributed by atoms with Gasteiger partial charge in [-0.2, -0.15) is 0 Å². The van der Waals surface area contributed by atoms with Gasteiger partial charge in [0, 0.05) is 11.3 Å². The molecule has 2 aromatic rings. The van der Waals surface area contributed by atoms with E-state index in [1.807, 2.05) is 0 Å². The second-order valence-corrected chi connectivity index (χ2v) is 5.20. The molecule has 0 heterocycles. The molecule has 0 aliphatic heterocycles. The summed E-state index contributed by atoms with van der Waals surface area (Å²) in [6.07, 6.45) is 0. The lowest BCUT2D eigenvalue weighted by molar-refractivity contribution is 0.0468. The van der Waals surface area contributed by atoms with Crippen LogP contribution in [-0.2, 0) is 11.3 Å². The molecule has 0 saturated heterocycles. The van der Waals surface area contributed by atoms with Crippen molar-refractivity contribution in [2.45, 2.75) is 6.61 Å². The molecule has 2 rings (SSSR count). The second kappa shape index (κ2) is 6.24. The Morgan fingerprint density at radius 2 is 2.00 bits per heavy atom. The van der Waals surface area contributed by atoms with Crippen LogP contribution < -0.4 is 5.73 Å². The molecule has 20 heavy (non-hydrogen) atoms. The number of carbonyl (C=O) groups excluding carboxylic acids is 1. The van der Waals surface area contributed by atoms with Crippen LogP contribution in [0.3, 0.4) is 0 Å². The molecule has 0 aliphatic rings. The van der Waals surface area contributed by atoms with Crippen LogP contribution in [0.25, 0.3) is 0 Å². The summed E-state index contributed by atoms with van der Waals surface area (Å²) < 4.78 is 19.2. The lowest BCUT2D eigenvalue weighted by Gasteiger charge is -2.09. The first-order valence-corrected chi connectivity index (χ1v) is 6.82. The predicted molar refractivity (Wildman–Crippen MR) is 79.1 cm³/mol. The van der Waals surface area contributed by atoms with Crippen LogP contribution in [0, 0.1) is 5.82 Å². The van der Waals surface area contributed by atoms with Crippen LogP contribution in [0.4, 0.5) is 10.1 Å². The predicted octanol–water partition coefficient (Wildman–Crippen LogP) is 4.18. The number of hydrogen-bond acceptors (Lipinski definition) is 3. The molecule has 3 nitrogen and oxygen atoms in total. The van der Waals surface area contributed by atoms with Crippen LogP contribution in [0.1, 0.15) is 15.9 Å². The van der Waals surface area contributed by atoms with Crippen molar-refractivity contribution in [3.05, 3.63) is 62.8 Å². The lowest BCUT2D eigenvalue weighted by Crippen LogP contribution is -2.08. The minimum absolute atomic E-state index is 0.0105. The quantitative estimate of drug-likeness (QED) is 0.661. The first kappa shape index (κ1) is 14.8. The molecule has 0 spiro atoms. The number of nitrogens with two attached hydrogens (primary N) is 1. The first-order valence-electron chi connectivity index (χ1n) is 5.64. The van der Waals surface area contributed by atoms with Gasteiger partial charge in [0.05, 0.1) is 15.1 Å². The third kappa shape index (κ3) is 3.11. The monoisotopic (exact) mass is 357 g/mol. The van der Waals surface area contributed by atoms with Gasteiger partial charge in [0.15, 0.2) is 0 Å². The fraction of sp³-hybridized carbons (Fsp3) is 0.0714. The maximum Gasteiger partial charge on any atom is 0.339 e. The number of hydrogen-bond donors (Lipinski definition) is 1. The van der Waals surface area contributed by atoms with Crippen molar-refractivity contribution >= 4 is 39.2 Å². The molecule has 0 fully saturated rings. The van der Waals surface area contributed by atoms with E-state index < -0.39 is 11.8 Å². The third-order valence-electron chi connectivity index (χ3n) is 2.64. The van der Waals surface area contributed by atoms with E-state index in [0.717, 1.165) is 0 Å². The fourth-order valence-electron chi connectivity index (χ4n) is 1.59. The molecule has 6 heteroatoms. The Bertz CT molecular complexity index is 664. The SMILES string of the molecule is Nc1cccc(C(=O)OCc2cccc(Cl)c2F)c1Br. The zero-order valence-electron chi connectivity index (χ0n) is 10.2. The molecule has 104 valence electrons. The summed E-state index contributed by atoms with van der Waals surface area (Å²) in [7, 11) is 0. The summed E-state index contributed by atoms with van der Waals surface area (Å²) in [6.45, 7) is -0.202. The lowest BCUT2D eigenvalue weighted by atomic mass is 10.2. The third-order valence-corrected chi connectivity index (χ3v) is 3.82. The number of carbonyl (C=O) groups is 1. The van der Waals surface area contributed by atoms with Gasteiger partial charge in [-0.25, -0.2) is 9.18 Å². The number of halogens is 3. The minimum atomic E-state index is -0.594. The molecule has 0 bridgehead atoms. The van der Waals surface area contributed by atoms with Gasteiger partial charge in [0.25, 0.3) is 0 Å². The van der Waals surface area contributed by atoms with Gasteiger partial charge >= 0.3 is 5.97 Å². The largest absolute Gasteiger partial charge is 0.457 e. The van der Waals surface area contributed by atoms with Crippen LogP contribution in [0.5, 0.6) is 0 Å². The van der Waals surface area contributed by atoms with Gasteiger partial charge in [-0.3, -0.25) is 0 Å². The van der Waals surface area contributed by atoms with E-state index in [-0.39, 0.29) is 22.8 Å². The Labute approximate surface area is 128 Å². The molecule has 0 aliphatic carbocycles. The highest BCUT2D eigenvalue weighted by molar-refractivity contribution is 9.10. The van der Waals surface area contributed by atoms with Crippen molar-refractivity contribution in [3.63, 3.8) is 0 Å². The van der Waals surface area contributed by atoms with E-state index in [9.17, 15) is 9.18 Å². The van der Waals surface area contributed by atoms with E-state index in [1.54, 1.807) is 24.3 Å². The highest BCUT2D eigenvalue weighted by Crippen LogP contribution is 2.25. The first-order chi connectivity index (χ1) is 9.50. The van der Waals surface area contributed by atoms with E-state index in [1.165, 1.54) is 12.1 Å². The van der Waals surface area contributed by atoms with Crippen molar-refractivity contribution in [1.29, 1.82) is 0 Å². The van der Waals surface area contributed by atoms with Gasteiger partial charge < -0.3 is 10.5 Å².